The van der Waals surface area contributed by atoms with E-state index < -0.39 is 28.0 Å². The number of rotatable bonds is 5. The van der Waals surface area contributed by atoms with Crippen LogP contribution in [0.2, 0.25) is 0 Å². The summed E-state index contributed by atoms with van der Waals surface area (Å²) in [5.41, 5.74) is 1.32. The number of nitrogens with zero attached hydrogens (tertiary/aromatic N) is 1. The molecule has 0 radical (unpaired) electrons. The number of ether oxygens (including phenoxy) is 2. The fourth-order valence-electron chi connectivity index (χ4n) is 2.85. The number of anilines is 1. The predicted molar refractivity (Wildman–Crippen MR) is 102 cm³/mol. The Morgan fingerprint density at radius 1 is 1.21 bits per heavy atom. The van der Waals surface area contributed by atoms with Crippen LogP contribution in [-0.2, 0) is 26.0 Å². The molecule has 0 fully saturated rings. The Balaban J connectivity index is 1.87. The van der Waals surface area contributed by atoms with Gasteiger partial charge in [-0.15, -0.1) is 0 Å². The number of carbonyl (C=O) groups is 2. The number of carbonyl (C=O) groups excluding carboxylic acids is 2. The molecule has 0 aromatic heterocycles. The third-order valence-electron chi connectivity index (χ3n) is 4.39. The monoisotopic (exact) mass is 404 g/mol. The molecule has 1 N–H and O–H groups in total. The van der Waals surface area contributed by atoms with Gasteiger partial charge in [0.05, 0.1) is 23.3 Å². The van der Waals surface area contributed by atoms with E-state index in [1.807, 2.05) is 0 Å². The Morgan fingerprint density at radius 3 is 2.61 bits per heavy atom. The highest BCUT2D eigenvalue weighted by Crippen LogP contribution is 2.29. The van der Waals surface area contributed by atoms with E-state index >= 15 is 0 Å². The summed E-state index contributed by atoms with van der Waals surface area (Å²) < 4.78 is 36.2. The minimum absolute atomic E-state index is 0.000385. The highest BCUT2D eigenvalue weighted by atomic mass is 32.2. The van der Waals surface area contributed by atoms with Crippen LogP contribution in [0.15, 0.2) is 47.4 Å². The Hall–Kier alpha value is -2.91. The maximum absolute atomic E-state index is 12.7. The summed E-state index contributed by atoms with van der Waals surface area (Å²) in [7, 11) is 0.539. The van der Waals surface area contributed by atoms with Gasteiger partial charge in [-0.2, -0.15) is 0 Å². The van der Waals surface area contributed by atoms with E-state index in [0.717, 1.165) is 9.87 Å². The van der Waals surface area contributed by atoms with Crippen LogP contribution in [0.1, 0.15) is 15.9 Å². The van der Waals surface area contributed by atoms with E-state index in [2.05, 4.69) is 5.32 Å². The zero-order valence-corrected chi connectivity index (χ0v) is 16.4. The van der Waals surface area contributed by atoms with Crippen molar-refractivity contribution in [1.82, 2.24) is 4.31 Å². The van der Waals surface area contributed by atoms with Gasteiger partial charge >= 0.3 is 5.97 Å². The van der Waals surface area contributed by atoms with Gasteiger partial charge in [0.2, 0.25) is 10.0 Å². The SMILES string of the molecule is COc1ccc(S(=O)(=O)N(C)C)cc1NC(=O)[C@H]1Cc2ccccc2C(=O)O1. The first-order valence-corrected chi connectivity index (χ1v) is 9.88. The molecule has 1 atom stereocenters. The molecule has 28 heavy (non-hydrogen) atoms. The average Bonchev–Trinajstić information content (AvgIpc) is 2.67. The van der Waals surface area contributed by atoms with Gasteiger partial charge in [0.25, 0.3) is 5.91 Å². The second-order valence-corrected chi connectivity index (χ2v) is 8.55. The minimum atomic E-state index is -3.69. The van der Waals surface area contributed by atoms with Gasteiger partial charge in [0.1, 0.15) is 5.75 Å². The van der Waals surface area contributed by atoms with Crippen molar-refractivity contribution in [3.63, 3.8) is 0 Å². The lowest BCUT2D eigenvalue weighted by Crippen LogP contribution is -2.38. The third-order valence-corrected chi connectivity index (χ3v) is 6.20. The van der Waals surface area contributed by atoms with Crippen molar-refractivity contribution in [2.75, 3.05) is 26.5 Å². The third kappa shape index (κ3) is 3.71. The summed E-state index contributed by atoms with van der Waals surface area (Å²) in [5, 5.41) is 2.61. The minimum Gasteiger partial charge on any atom is -0.495 e. The number of esters is 1. The first-order chi connectivity index (χ1) is 13.2. The molecular formula is C19H20N2O6S. The van der Waals surface area contributed by atoms with Crippen LogP contribution in [0.5, 0.6) is 5.75 Å². The molecule has 0 saturated heterocycles. The van der Waals surface area contributed by atoms with Crippen LogP contribution in [0.3, 0.4) is 0 Å². The first kappa shape index (κ1) is 19.8. The van der Waals surface area contributed by atoms with Gasteiger partial charge < -0.3 is 14.8 Å². The molecule has 2 aromatic carbocycles. The Bertz CT molecular complexity index is 1030. The van der Waals surface area contributed by atoms with Crippen LogP contribution >= 0.6 is 0 Å². The van der Waals surface area contributed by atoms with E-state index in [1.165, 1.54) is 39.4 Å². The smallest absolute Gasteiger partial charge is 0.339 e. The van der Waals surface area contributed by atoms with E-state index in [4.69, 9.17) is 9.47 Å². The zero-order valence-electron chi connectivity index (χ0n) is 15.6. The fraction of sp³-hybridized carbons (Fsp3) is 0.263. The molecule has 0 spiro atoms. The van der Waals surface area contributed by atoms with Gasteiger partial charge in [-0.3, -0.25) is 4.79 Å². The largest absolute Gasteiger partial charge is 0.495 e. The van der Waals surface area contributed by atoms with Gasteiger partial charge in [0, 0.05) is 20.5 Å². The Kier molecular flexibility index (Phi) is 5.39. The summed E-state index contributed by atoms with van der Waals surface area (Å²) in [6, 6.07) is 11.1. The summed E-state index contributed by atoms with van der Waals surface area (Å²) >= 11 is 0. The molecule has 0 bridgehead atoms. The Morgan fingerprint density at radius 2 is 1.93 bits per heavy atom. The van der Waals surface area contributed by atoms with Crippen LogP contribution < -0.4 is 10.1 Å². The molecule has 1 aliphatic rings. The zero-order chi connectivity index (χ0) is 20.5. The number of benzene rings is 2. The lowest BCUT2D eigenvalue weighted by atomic mass is 9.98. The van der Waals surface area contributed by atoms with Crippen LogP contribution in [0.4, 0.5) is 5.69 Å². The molecule has 0 aliphatic carbocycles. The second kappa shape index (κ2) is 7.61. The molecular weight excluding hydrogens is 384 g/mol. The van der Waals surface area contributed by atoms with Gasteiger partial charge in [-0.05, 0) is 29.8 Å². The van der Waals surface area contributed by atoms with Crippen molar-refractivity contribution < 1.29 is 27.5 Å². The topological polar surface area (TPSA) is 102 Å². The van der Waals surface area contributed by atoms with E-state index in [1.54, 1.807) is 24.3 Å². The van der Waals surface area contributed by atoms with E-state index in [9.17, 15) is 18.0 Å². The normalized spacial score (nSPS) is 16.3. The fourth-order valence-corrected chi connectivity index (χ4v) is 3.78. The average molecular weight is 404 g/mol. The van der Waals surface area contributed by atoms with Gasteiger partial charge in [0.15, 0.2) is 6.10 Å². The van der Waals surface area contributed by atoms with Crippen molar-refractivity contribution in [3.8, 4) is 5.75 Å². The lowest BCUT2D eigenvalue weighted by molar-refractivity contribution is -0.125. The summed E-state index contributed by atoms with van der Waals surface area (Å²) in [6.45, 7) is 0. The number of sulfonamides is 1. The van der Waals surface area contributed by atoms with Crippen molar-refractivity contribution in [1.29, 1.82) is 0 Å². The van der Waals surface area contributed by atoms with Crippen LogP contribution in [-0.4, -0.2) is 51.9 Å². The van der Waals surface area contributed by atoms with Gasteiger partial charge in [-0.1, -0.05) is 18.2 Å². The molecule has 1 heterocycles. The van der Waals surface area contributed by atoms with Crippen molar-refractivity contribution in [2.45, 2.75) is 17.4 Å². The van der Waals surface area contributed by atoms with E-state index in [0.29, 0.717) is 5.56 Å². The van der Waals surface area contributed by atoms with Crippen LogP contribution in [0.25, 0.3) is 0 Å². The predicted octanol–water partition coefficient (Wildman–Crippen LogP) is 1.67. The number of fused-ring (bicyclic) bond motifs is 1. The number of hydrogen-bond acceptors (Lipinski definition) is 6. The number of nitrogens with one attached hydrogen (secondary N) is 1. The molecule has 0 saturated carbocycles. The summed E-state index contributed by atoms with van der Waals surface area (Å²) in [5.74, 6) is -0.855. The van der Waals surface area contributed by atoms with Crippen molar-refractivity contribution in [2.24, 2.45) is 0 Å². The van der Waals surface area contributed by atoms with Crippen LogP contribution in [0, 0.1) is 0 Å². The number of methoxy groups -OCH3 is 1. The molecule has 2 aromatic rings. The number of cyclic esters (lactones) is 1. The summed E-state index contributed by atoms with van der Waals surface area (Å²) in [4.78, 5) is 24.8. The number of hydrogen-bond donors (Lipinski definition) is 1. The number of amides is 1. The second-order valence-electron chi connectivity index (χ2n) is 6.39. The molecule has 9 heteroatoms. The lowest BCUT2D eigenvalue weighted by Gasteiger charge is -2.24. The van der Waals surface area contributed by atoms with Gasteiger partial charge in [-0.25, -0.2) is 17.5 Å². The molecule has 1 amide bonds. The quantitative estimate of drug-likeness (QED) is 0.761. The molecule has 3 rings (SSSR count). The van der Waals surface area contributed by atoms with E-state index in [-0.39, 0.29) is 22.8 Å². The Labute approximate surface area is 163 Å². The molecule has 1 aliphatic heterocycles. The highest BCUT2D eigenvalue weighted by Gasteiger charge is 2.31. The molecule has 148 valence electrons. The summed E-state index contributed by atoms with van der Waals surface area (Å²) in [6.07, 6.45) is -0.799. The molecule has 8 nitrogen and oxygen atoms in total. The van der Waals surface area contributed by atoms with Crippen molar-refractivity contribution in [3.05, 3.63) is 53.6 Å². The maximum atomic E-state index is 12.7. The first-order valence-electron chi connectivity index (χ1n) is 8.44. The van der Waals surface area contributed by atoms with Crippen molar-refractivity contribution >= 4 is 27.6 Å². The maximum Gasteiger partial charge on any atom is 0.339 e. The highest BCUT2D eigenvalue weighted by molar-refractivity contribution is 7.89. The molecule has 0 unspecified atom stereocenters. The standard InChI is InChI=1S/C19H20N2O6S/c1-21(2)28(24,25)13-8-9-16(26-3)15(11-13)20-18(22)17-10-12-6-4-5-7-14(12)19(23)27-17/h4-9,11,17H,10H2,1-3H3,(H,20,22)/t17-/m1/s1.